The normalized spacial score (nSPS) is 22.0. The Bertz CT molecular complexity index is 540. The second-order valence-electron chi connectivity index (χ2n) is 6.09. The fourth-order valence-electron chi connectivity index (χ4n) is 3.16. The lowest BCUT2D eigenvalue weighted by Gasteiger charge is -2.27. The fourth-order valence-corrected chi connectivity index (χ4v) is 4.53. The summed E-state index contributed by atoms with van der Waals surface area (Å²) in [6.07, 6.45) is 6.74. The average Bonchev–Trinajstić information content (AvgIpc) is 2.80. The lowest BCUT2D eigenvalue weighted by molar-refractivity contribution is 0.633. The second-order valence-corrected chi connectivity index (χ2v) is 7.32. The average molecular weight is 311 g/mol. The smallest absolute Gasteiger partial charge is 0.0380 e. The Morgan fingerprint density at radius 2 is 1.50 bits per heavy atom. The third kappa shape index (κ3) is 4.54. The Labute approximate surface area is 138 Å². The molecule has 0 saturated heterocycles. The molecule has 2 atom stereocenters. The monoisotopic (exact) mass is 311 g/mol. The van der Waals surface area contributed by atoms with Gasteiger partial charge in [-0.15, -0.1) is 0 Å². The summed E-state index contributed by atoms with van der Waals surface area (Å²) in [5, 5.41) is 4.50. The highest BCUT2D eigenvalue weighted by Crippen LogP contribution is 2.31. The molecule has 1 nitrogen and oxygen atoms in total. The zero-order valence-electron chi connectivity index (χ0n) is 13.1. The van der Waals surface area contributed by atoms with Gasteiger partial charge in [0.25, 0.3) is 0 Å². The summed E-state index contributed by atoms with van der Waals surface area (Å²) in [7, 11) is 0. The molecule has 0 radical (unpaired) electrons. The summed E-state index contributed by atoms with van der Waals surface area (Å²) in [6.45, 7) is 0. The number of para-hydroxylation sites is 1. The van der Waals surface area contributed by atoms with Crippen LogP contribution in [0.3, 0.4) is 0 Å². The van der Waals surface area contributed by atoms with Crippen LogP contribution in [0.2, 0.25) is 0 Å². The molecule has 0 aromatic heterocycles. The second kappa shape index (κ2) is 8.28. The topological polar surface area (TPSA) is 12.0 Å². The first-order chi connectivity index (χ1) is 10.9. The molecule has 3 rings (SSSR count). The maximum atomic E-state index is 3.79. The SMILES string of the molecule is c1ccc(CS[C@@H]2CCCCC[C@H]2Nc2ccccc2)cc1. The zero-order chi connectivity index (χ0) is 15.0. The van der Waals surface area contributed by atoms with E-state index in [4.69, 9.17) is 0 Å². The van der Waals surface area contributed by atoms with Gasteiger partial charge in [-0.05, 0) is 30.5 Å². The number of anilines is 1. The summed E-state index contributed by atoms with van der Waals surface area (Å²) in [4.78, 5) is 0. The van der Waals surface area contributed by atoms with Crippen molar-refractivity contribution in [2.24, 2.45) is 0 Å². The van der Waals surface area contributed by atoms with Crippen LogP contribution >= 0.6 is 11.8 Å². The van der Waals surface area contributed by atoms with Crippen LogP contribution in [0, 0.1) is 0 Å². The lowest BCUT2D eigenvalue weighted by Crippen LogP contribution is -2.30. The first kappa shape index (κ1) is 15.5. The van der Waals surface area contributed by atoms with Crippen molar-refractivity contribution in [2.75, 3.05) is 5.32 Å². The van der Waals surface area contributed by atoms with Crippen molar-refractivity contribution in [1.82, 2.24) is 0 Å². The molecule has 0 amide bonds. The van der Waals surface area contributed by atoms with E-state index in [2.05, 4.69) is 77.7 Å². The maximum absolute atomic E-state index is 3.79. The first-order valence-electron chi connectivity index (χ1n) is 8.39. The minimum absolute atomic E-state index is 0.596. The minimum Gasteiger partial charge on any atom is -0.381 e. The van der Waals surface area contributed by atoms with Crippen LogP contribution in [0.25, 0.3) is 0 Å². The van der Waals surface area contributed by atoms with Gasteiger partial charge in [0.05, 0.1) is 0 Å². The van der Waals surface area contributed by atoms with Crippen molar-refractivity contribution < 1.29 is 0 Å². The van der Waals surface area contributed by atoms with Gasteiger partial charge in [0.1, 0.15) is 0 Å². The van der Waals surface area contributed by atoms with Gasteiger partial charge < -0.3 is 5.32 Å². The quantitative estimate of drug-likeness (QED) is 0.707. The van der Waals surface area contributed by atoms with Crippen LogP contribution in [0.1, 0.15) is 37.7 Å². The number of nitrogens with one attached hydrogen (secondary N) is 1. The Morgan fingerprint density at radius 1 is 0.818 bits per heavy atom. The largest absolute Gasteiger partial charge is 0.381 e. The van der Waals surface area contributed by atoms with Gasteiger partial charge in [-0.25, -0.2) is 0 Å². The number of benzene rings is 2. The van der Waals surface area contributed by atoms with E-state index in [0.717, 1.165) is 5.75 Å². The van der Waals surface area contributed by atoms with Crippen LogP contribution in [0.4, 0.5) is 5.69 Å². The predicted octanol–water partition coefficient (Wildman–Crippen LogP) is 5.73. The van der Waals surface area contributed by atoms with Crippen molar-refractivity contribution >= 4 is 17.4 Å². The van der Waals surface area contributed by atoms with Crippen LogP contribution < -0.4 is 5.32 Å². The third-order valence-electron chi connectivity index (χ3n) is 4.39. The Balaban J connectivity index is 1.63. The molecule has 0 aliphatic heterocycles. The van der Waals surface area contributed by atoms with E-state index in [9.17, 15) is 0 Å². The van der Waals surface area contributed by atoms with Crippen molar-refractivity contribution in [2.45, 2.75) is 49.1 Å². The molecule has 2 aromatic carbocycles. The van der Waals surface area contributed by atoms with Crippen LogP contribution in [0.5, 0.6) is 0 Å². The van der Waals surface area contributed by atoms with Gasteiger partial charge in [0, 0.05) is 22.7 Å². The minimum atomic E-state index is 0.596. The van der Waals surface area contributed by atoms with Crippen molar-refractivity contribution in [1.29, 1.82) is 0 Å². The molecular formula is C20H25NS. The van der Waals surface area contributed by atoms with E-state index in [-0.39, 0.29) is 0 Å². The van der Waals surface area contributed by atoms with E-state index in [0.29, 0.717) is 11.3 Å². The molecule has 1 aliphatic carbocycles. The molecule has 116 valence electrons. The molecule has 0 unspecified atom stereocenters. The van der Waals surface area contributed by atoms with Crippen LogP contribution in [-0.4, -0.2) is 11.3 Å². The zero-order valence-corrected chi connectivity index (χ0v) is 13.9. The highest BCUT2D eigenvalue weighted by atomic mass is 32.2. The van der Waals surface area contributed by atoms with E-state index < -0.39 is 0 Å². The fraction of sp³-hybridized carbons (Fsp3) is 0.400. The van der Waals surface area contributed by atoms with Gasteiger partial charge in [-0.1, -0.05) is 67.8 Å². The molecule has 22 heavy (non-hydrogen) atoms. The van der Waals surface area contributed by atoms with Gasteiger partial charge in [-0.2, -0.15) is 11.8 Å². The van der Waals surface area contributed by atoms with Crippen LogP contribution in [0.15, 0.2) is 60.7 Å². The van der Waals surface area contributed by atoms with Crippen molar-refractivity contribution in [3.05, 3.63) is 66.2 Å². The number of thioether (sulfide) groups is 1. The highest BCUT2D eigenvalue weighted by Gasteiger charge is 2.23. The lowest BCUT2D eigenvalue weighted by atomic mass is 10.1. The Morgan fingerprint density at radius 3 is 2.27 bits per heavy atom. The number of hydrogen-bond acceptors (Lipinski definition) is 2. The van der Waals surface area contributed by atoms with E-state index >= 15 is 0 Å². The van der Waals surface area contributed by atoms with Crippen LogP contribution in [-0.2, 0) is 5.75 Å². The number of rotatable bonds is 5. The van der Waals surface area contributed by atoms with Gasteiger partial charge >= 0.3 is 0 Å². The molecular weight excluding hydrogens is 286 g/mol. The summed E-state index contributed by atoms with van der Waals surface area (Å²) in [5.41, 5.74) is 2.70. The molecule has 0 heterocycles. The first-order valence-corrected chi connectivity index (χ1v) is 9.44. The Kier molecular flexibility index (Phi) is 5.83. The molecule has 0 bridgehead atoms. The number of hydrogen-bond donors (Lipinski definition) is 1. The van der Waals surface area contributed by atoms with Gasteiger partial charge in [0.15, 0.2) is 0 Å². The standard InChI is InChI=1S/C20H25NS/c1-4-10-17(11-5-1)16-22-20-15-9-3-8-14-19(20)21-18-12-6-2-7-13-18/h1-2,4-7,10-13,19-21H,3,8-9,14-16H2/t19-,20-/m1/s1. The van der Waals surface area contributed by atoms with Gasteiger partial charge in [0.2, 0.25) is 0 Å². The van der Waals surface area contributed by atoms with E-state index in [1.807, 2.05) is 0 Å². The van der Waals surface area contributed by atoms with E-state index in [1.54, 1.807) is 0 Å². The summed E-state index contributed by atoms with van der Waals surface area (Å²) >= 11 is 2.13. The Hall–Kier alpha value is -1.41. The predicted molar refractivity (Wildman–Crippen MR) is 98.5 cm³/mol. The third-order valence-corrected chi connectivity index (χ3v) is 5.88. The molecule has 2 heteroatoms. The van der Waals surface area contributed by atoms with Crippen molar-refractivity contribution in [3.63, 3.8) is 0 Å². The summed E-state index contributed by atoms with van der Waals surface area (Å²) in [5.74, 6) is 1.12. The highest BCUT2D eigenvalue weighted by molar-refractivity contribution is 7.99. The van der Waals surface area contributed by atoms with Gasteiger partial charge in [-0.3, -0.25) is 0 Å². The van der Waals surface area contributed by atoms with E-state index in [1.165, 1.54) is 43.4 Å². The molecule has 1 N–H and O–H groups in total. The molecule has 1 fully saturated rings. The van der Waals surface area contributed by atoms with Crippen molar-refractivity contribution in [3.8, 4) is 0 Å². The molecule has 1 saturated carbocycles. The molecule has 0 spiro atoms. The summed E-state index contributed by atoms with van der Waals surface area (Å²) < 4.78 is 0. The molecule has 2 aromatic rings. The maximum Gasteiger partial charge on any atom is 0.0380 e. The summed E-state index contributed by atoms with van der Waals surface area (Å²) in [6, 6.07) is 22.1. The molecule has 1 aliphatic rings.